The number of nitrogens with two attached hydrogens (primary N) is 1. The Hall–Kier alpha value is -0.960. The number of rotatable bonds is 5. The molecule has 0 unspecified atom stereocenters. The molecule has 1 aromatic carbocycles. The van der Waals surface area contributed by atoms with Crippen LogP contribution in [0.25, 0.3) is 0 Å². The molecule has 22 heavy (non-hydrogen) atoms. The number of sulfonamides is 1. The standard InChI is InChI=1S/C14H22N2O4S2/c1-21(17,18)13-8-4-5-9-14(13)22(19,20)16-12-7-3-2-6-11(12)10-15/h4-5,8-9,11-12,16H,2-3,6-7,10,15H2,1H3/t11-,12+/m0/s1. The minimum Gasteiger partial charge on any atom is -0.330 e. The summed E-state index contributed by atoms with van der Waals surface area (Å²) >= 11 is 0. The molecule has 6 nitrogen and oxygen atoms in total. The fourth-order valence-electron chi connectivity index (χ4n) is 2.89. The molecular weight excluding hydrogens is 324 g/mol. The molecule has 0 amide bonds. The normalized spacial score (nSPS) is 23.4. The van der Waals surface area contributed by atoms with Crippen LogP contribution in [0.5, 0.6) is 0 Å². The van der Waals surface area contributed by atoms with Gasteiger partial charge in [-0.2, -0.15) is 0 Å². The van der Waals surface area contributed by atoms with Gasteiger partial charge in [0.25, 0.3) is 0 Å². The summed E-state index contributed by atoms with van der Waals surface area (Å²) in [6, 6.07) is 5.42. The molecule has 0 spiro atoms. The van der Waals surface area contributed by atoms with E-state index in [2.05, 4.69) is 4.72 Å². The number of hydrogen-bond donors (Lipinski definition) is 2. The molecule has 1 aliphatic rings. The van der Waals surface area contributed by atoms with Crippen LogP contribution in [0.4, 0.5) is 0 Å². The van der Waals surface area contributed by atoms with Gasteiger partial charge in [0, 0.05) is 12.3 Å². The van der Waals surface area contributed by atoms with Crippen LogP contribution in [0.15, 0.2) is 34.1 Å². The molecule has 2 rings (SSSR count). The minimum absolute atomic E-state index is 0.0916. The second-order valence-electron chi connectivity index (χ2n) is 5.73. The van der Waals surface area contributed by atoms with Crippen LogP contribution in [0.1, 0.15) is 25.7 Å². The van der Waals surface area contributed by atoms with Crippen molar-refractivity contribution in [1.29, 1.82) is 0 Å². The van der Waals surface area contributed by atoms with Crippen molar-refractivity contribution in [2.24, 2.45) is 11.7 Å². The number of hydrogen-bond acceptors (Lipinski definition) is 5. The quantitative estimate of drug-likeness (QED) is 0.823. The molecule has 3 N–H and O–H groups in total. The fraction of sp³-hybridized carbons (Fsp3) is 0.571. The molecule has 0 heterocycles. The van der Waals surface area contributed by atoms with Crippen molar-refractivity contribution in [2.75, 3.05) is 12.8 Å². The van der Waals surface area contributed by atoms with Crippen molar-refractivity contribution in [3.8, 4) is 0 Å². The highest BCUT2D eigenvalue weighted by Crippen LogP contribution is 2.27. The SMILES string of the molecule is CS(=O)(=O)c1ccccc1S(=O)(=O)N[C@@H]1CCCC[C@H]1CN. The van der Waals surface area contributed by atoms with E-state index in [9.17, 15) is 16.8 Å². The zero-order valence-corrected chi connectivity index (χ0v) is 14.2. The predicted molar refractivity (Wildman–Crippen MR) is 84.7 cm³/mol. The van der Waals surface area contributed by atoms with Crippen LogP contribution in [0.3, 0.4) is 0 Å². The third-order valence-electron chi connectivity index (χ3n) is 4.06. The second kappa shape index (κ2) is 6.66. The first kappa shape index (κ1) is 17.4. The van der Waals surface area contributed by atoms with Gasteiger partial charge in [0.2, 0.25) is 10.0 Å². The summed E-state index contributed by atoms with van der Waals surface area (Å²) in [7, 11) is -7.52. The lowest BCUT2D eigenvalue weighted by atomic mass is 9.85. The third kappa shape index (κ3) is 3.87. The molecule has 1 aromatic rings. The minimum atomic E-state index is -3.90. The van der Waals surface area contributed by atoms with E-state index >= 15 is 0 Å². The number of benzene rings is 1. The highest BCUT2D eigenvalue weighted by molar-refractivity contribution is 7.93. The van der Waals surface area contributed by atoms with E-state index in [-0.39, 0.29) is 21.8 Å². The molecule has 8 heteroatoms. The fourth-order valence-corrected chi connectivity index (χ4v) is 5.86. The van der Waals surface area contributed by atoms with Crippen molar-refractivity contribution in [3.05, 3.63) is 24.3 Å². The Morgan fingerprint density at radius 1 is 1.09 bits per heavy atom. The van der Waals surface area contributed by atoms with Crippen LogP contribution < -0.4 is 10.5 Å². The summed E-state index contributed by atoms with van der Waals surface area (Å²) < 4.78 is 51.5. The van der Waals surface area contributed by atoms with Gasteiger partial charge in [-0.25, -0.2) is 21.6 Å². The third-order valence-corrected chi connectivity index (χ3v) is 6.89. The predicted octanol–water partition coefficient (Wildman–Crippen LogP) is 0.886. The van der Waals surface area contributed by atoms with Crippen LogP contribution in [0, 0.1) is 5.92 Å². The lowest BCUT2D eigenvalue weighted by Crippen LogP contribution is -2.44. The maximum absolute atomic E-state index is 12.6. The highest BCUT2D eigenvalue weighted by atomic mass is 32.2. The van der Waals surface area contributed by atoms with Gasteiger partial charge in [-0.05, 0) is 37.4 Å². The molecule has 0 radical (unpaired) electrons. The smallest absolute Gasteiger partial charge is 0.242 e. The molecule has 0 aliphatic heterocycles. The lowest BCUT2D eigenvalue weighted by molar-refractivity contribution is 0.296. The lowest BCUT2D eigenvalue weighted by Gasteiger charge is -2.31. The molecule has 0 aromatic heterocycles. The molecule has 1 aliphatic carbocycles. The molecule has 1 saturated carbocycles. The summed E-state index contributed by atoms with van der Waals surface area (Å²) in [4.78, 5) is -0.374. The van der Waals surface area contributed by atoms with Crippen molar-refractivity contribution >= 4 is 19.9 Å². The molecule has 124 valence electrons. The van der Waals surface area contributed by atoms with E-state index in [1.165, 1.54) is 24.3 Å². The van der Waals surface area contributed by atoms with Gasteiger partial charge in [-0.15, -0.1) is 0 Å². The Balaban J connectivity index is 2.35. The van der Waals surface area contributed by atoms with Crippen molar-refractivity contribution in [2.45, 2.75) is 41.5 Å². The van der Waals surface area contributed by atoms with E-state index < -0.39 is 19.9 Å². The van der Waals surface area contributed by atoms with Crippen molar-refractivity contribution < 1.29 is 16.8 Å². The Bertz CT molecular complexity index is 729. The Kier molecular flexibility index (Phi) is 5.26. The number of sulfone groups is 1. The van der Waals surface area contributed by atoms with Crippen LogP contribution in [0.2, 0.25) is 0 Å². The van der Waals surface area contributed by atoms with Gasteiger partial charge in [-0.3, -0.25) is 0 Å². The van der Waals surface area contributed by atoms with Crippen LogP contribution >= 0.6 is 0 Å². The van der Waals surface area contributed by atoms with Gasteiger partial charge < -0.3 is 5.73 Å². The largest absolute Gasteiger partial charge is 0.330 e. The van der Waals surface area contributed by atoms with Gasteiger partial charge in [0.15, 0.2) is 9.84 Å². The summed E-state index contributed by atoms with van der Waals surface area (Å²) in [6.45, 7) is 0.418. The average molecular weight is 346 g/mol. The van der Waals surface area contributed by atoms with E-state index in [0.29, 0.717) is 6.54 Å². The molecule has 0 bridgehead atoms. The van der Waals surface area contributed by atoms with E-state index in [4.69, 9.17) is 5.73 Å². The zero-order valence-electron chi connectivity index (χ0n) is 12.5. The zero-order chi connectivity index (χ0) is 16.4. The monoisotopic (exact) mass is 346 g/mol. The van der Waals surface area contributed by atoms with E-state index in [1.54, 1.807) is 0 Å². The van der Waals surface area contributed by atoms with E-state index in [1.807, 2.05) is 0 Å². The first-order valence-corrected chi connectivity index (χ1v) is 10.6. The Morgan fingerprint density at radius 2 is 1.68 bits per heavy atom. The summed E-state index contributed by atoms with van der Waals surface area (Å²) in [5.74, 6) is 0.0916. The number of nitrogens with one attached hydrogen (secondary N) is 1. The van der Waals surface area contributed by atoms with Crippen LogP contribution in [-0.4, -0.2) is 35.7 Å². The van der Waals surface area contributed by atoms with Gasteiger partial charge in [0.1, 0.15) is 4.90 Å². The first-order valence-electron chi connectivity index (χ1n) is 7.27. The topological polar surface area (TPSA) is 106 Å². The molecule has 0 saturated heterocycles. The molecule has 1 fully saturated rings. The second-order valence-corrected chi connectivity index (χ2v) is 9.39. The van der Waals surface area contributed by atoms with Gasteiger partial charge >= 0.3 is 0 Å². The molecular formula is C14H22N2O4S2. The van der Waals surface area contributed by atoms with Crippen LogP contribution in [-0.2, 0) is 19.9 Å². The average Bonchev–Trinajstić information content (AvgIpc) is 2.46. The Labute approximate surface area is 132 Å². The van der Waals surface area contributed by atoms with E-state index in [0.717, 1.165) is 31.9 Å². The maximum Gasteiger partial charge on any atom is 0.242 e. The summed E-state index contributed by atoms with van der Waals surface area (Å²) in [6.07, 6.45) is 4.60. The summed E-state index contributed by atoms with van der Waals surface area (Å²) in [5.41, 5.74) is 5.72. The maximum atomic E-state index is 12.6. The first-order chi connectivity index (χ1) is 10.3. The van der Waals surface area contributed by atoms with Gasteiger partial charge in [-0.1, -0.05) is 25.0 Å². The van der Waals surface area contributed by atoms with Crippen molar-refractivity contribution in [3.63, 3.8) is 0 Å². The summed E-state index contributed by atoms with van der Waals surface area (Å²) in [5, 5.41) is 0. The van der Waals surface area contributed by atoms with Crippen molar-refractivity contribution in [1.82, 2.24) is 4.72 Å². The highest BCUT2D eigenvalue weighted by Gasteiger charge is 2.31. The van der Waals surface area contributed by atoms with Gasteiger partial charge in [0.05, 0.1) is 4.90 Å². The Morgan fingerprint density at radius 3 is 2.27 bits per heavy atom. The molecule has 2 atom stereocenters.